The number of aliphatic hydroxyl groups is 2. The molecule has 0 aliphatic carbocycles. The Hall–Kier alpha value is 0.0949. The lowest BCUT2D eigenvalue weighted by Gasteiger charge is -2.24. The maximum atomic E-state index is 12.3. The van der Waals surface area contributed by atoms with Gasteiger partial charge in [0.2, 0.25) is 0 Å². The molecule has 4 atom stereocenters. The third kappa shape index (κ3) is 4.05. The zero-order valence-corrected chi connectivity index (χ0v) is 12.0. The van der Waals surface area contributed by atoms with Crippen molar-refractivity contribution in [3.05, 3.63) is 0 Å². The summed E-state index contributed by atoms with van der Waals surface area (Å²) in [5, 5.41) is 19.5. The van der Waals surface area contributed by atoms with Gasteiger partial charge in [0.05, 0.1) is 31.4 Å². The van der Waals surface area contributed by atoms with Crippen LogP contribution in [0.15, 0.2) is 0 Å². The number of hydrogen-bond acceptors (Lipinski definition) is 6. The third-order valence-electron chi connectivity index (χ3n) is 2.91. The SMILES string of the molecule is B[C@@H]1O[C@H](CC(O)P(=O)(OCC)OCC)C[C@@H]1O. The van der Waals surface area contributed by atoms with Crippen LogP contribution < -0.4 is 0 Å². The van der Waals surface area contributed by atoms with Gasteiger partial charge in [-0.15, -0.1) is 0 Å². The molecule has 1 unspecified atom stereocenters. The first-order chi connectivity index (χ1) is 8.42. The van der Waals surface area contributed by atoms with Crippen molar-refractivity contribution in [3.63, 3.8) is 0 Å². The molecule has 2 N–H and O–H groups in total. The monoisotopic (exact) mass is 280 g/mol. The summed E-state index contributed by atoms with van der Waals surface area (Å²) in [6, 6.07) is -0.263. The fourth-order valence-electron chi connectivity index (χ4n) is 2.00. The van der Waals surface area contributed by atoms with Crippen molar-refractivity contribution in [2.75, 3.05) is 13.2 Å². The summed E-state index contributed by atoms with van der Waals surface area (Å²) in [4.78, 5) is 0. The van der Waals surface area contributed by atoms with Crippen LogP contribution in [0.2, 0.25) is 0 Å². The molecule has 0 aromatic carbocycles. The normalized spacial score (nSPS) is 30.6. The largest absolute Gasteiger partial charge is 0.391 e. The van der Waals surface area contributed by atoms with Crippen LogP contribution in [-0.4, -0.2) is 55.3 Å². The summed E-state index contributed by atoms with van der Waals surface area (Å²) >= 11 is 0. The van der Waals surface area contributed by atoms with E-state index in [0.717, 1.165) is 0 Å². The van der Waals surface area contributed by atoms with E-state index in [1.165, 1.54) is 0 Å². The summed E-state index contributed by atoms with van der Waals surface area (Å²) in [7, 11) is -1.74. The highest BCUT2D eigenvalue weighted by atomic mass is 31.2. The van der Waals surface area contributed by atoms with Gasteiger partial charge in [-0.05, 0) is 13.8 Å². The first kappa shape index (κ1) is 16.2. The minimum absolute atomic E-state index is 0.138. The predicted octanol–water partition coefficient (Wildman–Crippen LogP) is 0.0700. The molecular formula is C10H22BO6P. The van der Waals surface area contributed by atoms with Crippen LogP contribution in [0.4, 0.5) is 0 Å². The van der Waals surface area contributed by atoms with Crippen molar-refractivity contribution in [2.24, 2.45) is 0 Å². The van der Waals surface area contributed by atoms with Crippen LogP contribution in [0.25, 0.3) is 0 Å². The first-order valence-corrected chi connectivity index (χ1v) is 7.94. The number of aliphatic hydroxyl groups excluding tert-OH is 2. The van der Waals surface area contributed by atoms with Crippen molar-refractivity contribution in [1.29, 1.82) is 0 Å². The molecule has 0 saturated carbocycles. The lowest BCUT2D eigenvalue weighted by molar-refractivity contribution is 0.0365. The molecule has 0 amide bonds. The molecule has 0 bridgehead atoms. The highest BCUT2D eigenvalue weighted by Gasteiger charge is 2.39. The summed E-state index contributed by atoms with van der Waals surface area (Å²) in [5.41, 5.74) is 0. The highest BCUT2D eigenvalue weighted by molar-refractivity contribution is 7.54. The molecule has 0 radical (unpaired) electrons. The summed E-state index contributed by atoms with van der Waals surface area (Å²) in [6.07, 6.45) is -0.296. The lowest BCUT2D eigenvalue weighted by Crippen LogP contribution is -2.21. The van der Waals surface area contributed by atoms with E-state index in [-0.39, 0.29) is 31.7 Å². The quantitative estimate of drug-likeness (QED) is 0.507. The van der Waals surface area contributed by atoms with Crippen LogP contribution in [-0.2, 0) is 18.3 Å². The molecule has 0 spiro atoms. The zero-order chi connectivity index (χ0) is 13.8. The van der Waals surface area contributed by atoms with Crippen LogP contribution in [0.3, 0.4) is 0 Å². The van der Waals surface area contributed by atoms with E-state index < -0.39 is 19.5 Å². The first-order valence-electron chi connectivity index (χ1n) is 6.33. The summed E-state index contributed by atoms with van der Waals surface area (Å²) in [5.74, 6) is -1.22. The lowest BCUT2D eigenvalue weighted by atomic mass is 9.94. The van der Waals surface area contributed by atoms with Crippen molar-refractivity contribution >= 4 is 15.4 Å². The second kappa shape index (κ2) is 7.03. The predicted molar refractivity (Wildman–Crippen MR) is 69.3 cm³/mol. The van der Waals surface area contributed by atoms with Gasteiger partial charge in [-0.2, -0.15) is 0 Å². The Morgan fingerprint density at radius 2 is 2.00 bits per heavy atom. The molecule has 106 valence electrons. The second-order valence-electron chi connectivity index (χ2n) is 4.36. The Labute approximate surface area is 109 Å². The summed E-state index contributed by atoms with van der Waals surface area (Å²) < 4.78 is 27.8. The maximum Gasteiger partial charge on any atom is 0.358 e. The van der Waals surface area contributed by atoms with Gasteiger partial charge in [0.1, 0.15) is 7.85 Å². The average molecular weight is 280 g/mol. The number of hydrogen-bond donors (Lipinski definition) is 2. The number of rotatable bonds is 7. The Morgan fingerprint density at radius 1 is 1.44 bits per heavy atom. The Bertz CT molecular complexity index is 282. The molecule has 0 aromatic rings. The minimum Gasteiger partial charge on any atom is -0.391 e. The minimum atomic E-state index is -3.51. The van der Waals surface area contributed by atoms with Gasteiger partial charge in [-0.3, -0.25) is 4.57 Å². The van der Waals surface area contributed by atoms with Crippen molar-refractivity contribution < 1.29 is 28.6 Å². The Kier molecular flexibility index (Phi) is 6.31. The van der Waals surface area contributed by atoms with Gasteiger partial charge in [0.15, 0.2) is 5.85 Å². The van der Waals surface area contributed by atoms with Crippen molar-refractivity contribution in [3.8, 4) is 0 Å². The molecule has 1 aliphatic heterocycles. The van der Waals surface area contributed by atoms with Gasteiger partial charge in [-0.1, -0.05) is 0 Å². The van der Waals surface area contributed by atoms with E-state index in [1.54, 1.807) is 21.7 Å². The average Bonchev–Trinajstić information content (AvgIpc) is 2.58. The second-order valence-corrected chi connectivity index (χ2v) is 6.55. The highest BCUT2D eigenvalue weighted by Crippen LogP contribution is 2.53. The molecule has 8 heteroatoms. The topological polar surface area (TPSA) is 85.2 Å². The number of ether oxygens (including phenoxy) is 1. The van der Waals surface area contributed by atoms with E-state index in [1.807, 2.05) is 0 Å². The molecule has 0 aromatic heterocycles. The molecule has 1 rings (SSSR count). The van der Waals surface area contributed by atoms with Gasteiger partial charge >= 0.3 is 7.60 Å². The molecule has 1 fully saturated rings. The fourth-order valence-corrected chi connectivity index (χ4v) is 3.63. The molecule has 6 nitrogen and oxygen atoms in total. The van der Waals surface area contributed by atoms with E-state index in [4.69, 9.17) is 13.8 Å². The maximum absolute atomic E-state index is 12.3. The van der Waals surface area contributed by atoms with Crippen molar-refractivity contribution in [2.45, 2.75) is 50.7 Å². The zero-order valence-electron chi connectivity index (χ0n) is 11.1. The van der Waals surface area contributed by atoms with E-state index >= 15 is 0 Å². The van der Waals surface area contributed by atoms with Crippen molar-refractivity contribution in [1.82, 2.24) is 0 Å². The van der Waals surface area contributed by atoms with E-state index in [9.17, 15) is 14.8 Å². The van der Waals surface area contributed by atoms with Crippen LogP contribution >= 0.6 is 7.60 Å². The smallest absolute Gasteiger partial charge is 0.358 e. The summed E-state index contributed by atoms with van der Waals surface area (Å²) in [6.45, 7) is 3.80. The van der Waals surface area contributed by atoms with Gasteiger partial charge in [-0.25, -0.2) is 0 Å². The Balaban J connectivity index is 2.57. The van der Waals surface area contributed by atoms with Crippen LogP contribution in [0.5, 0.6) is 0 Å². The molecular weight excluding hydrogens is 258 g/mol. The standard InChI is InChI=1S/C10H22BO6P/c1-3-15-18(14,16-4-2)9(13)6-7-5-8(12)10(11)17-7/h7-10,12-13H,3-6,11H2,1-2H3/t7-,8-,9?,10+/m0/s1. The van der Waals surface area contributed by atoms with Crippen LogP contribution in [0, 0.1) is 0 Å². The van der Waals surface area contributed by atoms with Crippen LogP contribution in [0.1, 0.15) is 26.7 Å². The molecule has 18 heavy (non-hydrogen) atoms. The van der Waals surface area contributed by atoms with Gasteiger partial charge < -0.3 is 24.0 Å². The van der Waals surface area contributed by atoms with E-state index in [2.05, 4.69) is 0 Å². The Morgan fingerprint density at radius 3 is 2.39 bits per heavy atom. The third-order valence-corrected chi connectivity index (χ3v) is 5.09. The van der Waals surface area contributed by atoms with Gasteiger partial charge in [0.25, 0.3) is 0 Å². The molecule has 1 saturated heterocycles. The molecule has 1 aliphatic rings. The molecule has 1 heterocycles. The van der Waals surface area contributed by atoms with Gasteiger partial charge in [0, 0.05) is 12.8 Å². The fraction of sp³-hybridized carbons (Fsp3) is 1.00. The van der Waals surface area contributed by atoms with E-state index in [0.29, 0.717) is 6.42 Å².